The molecule has 2 aromatic rings. The molecule has 0 atom stereocenters. The van der Waals surface area contributed by atoms with Crippen LogP contribution < -0.4 is 19.7 Å². The first kappa shape index (κ1) is 21.6. The molecule has 1 aromatic carbocycles. The van der Waals surface area contributed by atoms with Crippen molar-refractivity contribution in [3.05, 3.63) is 34.6 Å². The Kier molecular flexibility index (Phi) is 6.61. The molecule has 0 unspecified atom stereocenters. The van der Waals surface area contributed by atoms with Crippen LogP contribution in [0.2, 0.25) is 5.02 Å². The first-order valence-corrected chi connectivity index (χ1v) is 9.80. The maximum absolute atomic E-state index is 13.0. The van der Waals surface area contributed by atoms with Crippen molar-refractivity contribution in [3.8, 4) is 11.5 Å². The maximum Gasteiger partial charge on any atom is 0.276 e. The number of carbonyl (C=O) groups is 2. The topological polar surface area (TPSA) is 96.9 Å². The number of hydrogen-bond acceptors (Lipinski definition) is 7. The molecule has 160 valence electrons. The fraction of sp³-hybridized carbons (Fsp3) is 0.400. The van der Waals surface area contributed by atoms with Gasteiger partial charge in [-0.3, -0.25) is 9.59 Å². The Labute approximate surface area is 179 Å². The Balaban J connectivity index is 1.98. The van der Waals surface area contributed by atoms with Gasteiger partial charge in [0.15, 0.2) is 17.2 Å². The van der Waals surface area contributed by atoms with Gasteiger partial charge in [-0.1, -0.05) is 11.6 Å². The van der Waals surface area contributed by atoms with Crippen molar-refractivity contribution in [3.63, 3.8) is 0 Å². The Hall–Kier alpha value is -3.07. The Morgan fingerprint density at radius 3 is 2.37 bits per heavy atom. The number of hydrogen-bond donors (Lipinski definition) is 1. The maximum atomic E-state index is 13.0. The average molecular weight is 434 g/mol. The quantitative estimate of drug-likeness (QED) is 0.747. The fourth-order valence-electron chi connectivity index (χ4n) is 3.17. The number of rotatable bonds is 6. The third-order valence-corrected chi connectivity index (χ3v) is 5.02. The van der Waals surface area contributed by atoms with Gasteiger partial charge in [-0.25, -0.2) is 9.97 Å². The summed E-state index contributed by atoms with van der Waals surface area (Å²) < 4.78 is 10.6. The molecule has 1 fully saturated rings. The van der Waals surface area contributed by atoms with Gasteiger partial charge in [0.1, 0.15) is 0 Å². The van der Waals surface area contributed by atoms with Gasteiger partial charge in [0.25, 0.3) is 11.8 Å². The minimum absolute atomic E-state index is 0.0339. The monoisotopic (exact) mass is 433 g/mol. The second-order valence-electron chi connectivity index (χ2n) is 6.97. The lowest BCUT2D eigenvalue weighted by molar-refractivity contribution is 0.0828. The summed E-state index contributed by atoms with van der Waals surface area (Å²) in [5, 5.41) is 2.85. The lowest BCUT2D eigenvalue weighted by Gasteiger charge is -2.18. The molecule has 0 spiro atoms. The average Bonchev–Trinajstić information content (AvgIpc) is 3.27. The smallest absolute Gasteiger partial charge is 0.276 e. The van der Waals surface area contributed by atoms with E-state index in [2.05, 4.69) is 15.3 Å². The largest absolute Gasteiger partial charge is 0.493 e. The molecule has 1 aromatic heterocycles. The van der Waals surface area contributed by atoms with Gasteiger partial charge >= 0.3 is 0 Å². The van der Waals surface area contributed by atoms with Crippen molar-refractivity contribution < 1.29 is 19.1 Å². The normalized spacial score (nSPS) is 13.2. The van der Waals surface area contributed by atoms with Gasteiger partial charge in [0.2, 0.25) is 5.95 Å². The molecule has 1 N–H and O–H groups in total. The number of benzene rings is 1. The predicted molar refractivity (Wildman–Crippen MR) is 114 cm³/mol. The molecule has 1 saturated heterocycles. The minimum atomic E-state index is -0.553. The van der Waals surface area contributed by atoms with E-state index in [4.69, 9.17) is 21.1 Å². The number of halogens is 1. The van der Waals surface area contributed by atoms with E-state index in [0.29, 0.717) is 17.4 Å². The van der Waals surface area contributed by atoms with Crippen molar-refractivity contribution in [2.45, 2.75) is 12.8 Å². The van der Waals surface area contributed by atoms with E-state index in [9.17, 15) is 9.59 Å². The molecule has 2 amide bonds. The molecule has 9 nitrogen and oxygen atoms in total. The number of ether oxygens (including phenoxy) is 2. The van der Waals surface area contributed by atoms with Crippen LogP contribution in [-0.4, -0.2) is 68.1 Å². The number of aromatic nitrogens is 2. The molecule has 2 heterocycles. The number of anilines is 2. The zero-order valence-corrected chi connectivity index (χ0v) is 18.1. The van der Waals surface area contributed by atoms with Crippen molar-refractivity contribution in [1.82, 2.24) is 14.9 Å². The van der Waals surface area contributed by atoms with Crippen molar-refractivity contribution in [2.24, 2.45) is 0 Å². The number of nitrogens with one attached hydrogen (secondary N) is 1. The third-order valence-electron chi connectivity index (χ3n) is 4.74. The lowest BCUT2D eigenvalue weighted by atomic mass is 10.1. The van der Waals surface area contributed by atoms with Crippen LogP contribution in [0.15, 0.2) is 18.3 Å². The van der Waals surface area contributed by atoms with Crippen LogP contribution in [0, 0.1) is 0 Å². The van der Waals surface area contributed by atoms with Gasteiger partial charge in [0, 0.05) is 33.3 Å². The van der Waals surface area contributed by atoms with Crippen LogP contribution in [0.5, 0.6) is 11.5 Å². The summed E-state index contributed by atoms with van der Waals surface area (Å²) >= 11 is 6.20. The summed E-state index contributed by atoms with van der Waals surface area (Å²) in [6.07, 6.45) is 3.52. The summed E-state index contributed by atoms with van der Waals surface area (Å²) in [4.78, 5) is 37.7. The van der Waals surface area contributed by atoms with Gasteiger partial charge in [0.05, 0.1) is 36.7 Å². The van der Waals surface area contributed by atoms with E-state index in [0.717, 1.165) is 25.9 Å². The second-order valence-corrected chi connectivity index (χ2v) is 7.37. The summed E-state index contributed by atoms with van der Waals surface area (Å²) in [7, 11) is 6.18. The van der Waals surface area contributed by atoms with Crippen LogP contribution in [0.4, 0.5) is 11.6 Å². The van der Waals surface area contributed by atoms with Gasteiger partial charge < -0.3 is 24.6 Å². The standard InChI is InChI=1S/C20H24ClN5O4/c1-25(2)19(28)12-9-15(29-3)16(30-4)10-14(12)23-18(27)17-13(21)11-22-20(24-17)26-7-5-6-8-26/h9-11H,5-8H2,1-4H3,(H,23,27). The van der Waals surface area contributed by atoms with E-state index in [1.807, 2.05) is 4.90 Å². The van der Waals surface area contributed by atoms with E-state index in [1.54, 1.807) is 14.1 Å². The molecule has 1 aliphatic heterocycles. The van der Waals surface area contributed by atoms with Crippen LogP contribution in [-0.2, 0) is 0 Å². The molecular weight excluding hydrogens is 410 g/mol. The van der Waals surface area contributed by atoms with Gasteiger partial charge in [-0.15, -0.1) is 0 Å². The molecule has 3 rings (SSSR count). The zero-order valence-electron chi connectivity index (χ0n) is 17.4. The van der Waals surface area contributed by atoms with E-state index in [-0.39, 0.29) is 27.9 Å². The number of carbonyl (C=O) groups excluding carboxylic acids is 2. The summed E-state index contributed by atoms with van der Waals surface area (Å²) in [5.41, 5.74) is 0.538. The number of nitrogens with zero attached hydrogens (tertiary/aromatic N) is 4. The minimum Gasteiger partial charge on any atom is -0.493 e. The number of amides is 2. The Morgan fingerprint density at radius 2 is 1.77 bits per heavy atom. The summed E-state index contributed by atoms with van der Waals surface area (Å²) in [6, 6.07) is 3.05. The van der Waals surface area contributed by atoms with Gasteiger partial charge in [-0.05, 0) is 18.9 Å². The molecule has 0 bridgehead atoms. The summed E-state index contributed by atoms with van der Waals surface area (Å²) in [6.45, 7) is 1.67. The van der Waals surface area contributed by atoms with Crippen molar-refractivity contribution in [1.29, 1.82) is 0 Å². The molecule has 0 saturated carbocycles. The fourth-order valence-corrected chi connectivity index (χ4v) is 3.35. The van der Waals surface area contributed by atoms with E-state index < -0.39 is 5.91 Å². The Bertz CT molecular complexity index is 960. The van der Waals surface area contributed by atoms with Crippen LogP contribution in [0.25, 0.3) is 0 Å². The molecular formula is C20H24ClN5O4. The highest BCUT2D eigenvalue weighted by Crippen LogP contribution is 2.34. The van der Waals surface area contributed by atoms with Crippen LogP contribution in [0.1, 0.15) is 33.7 Å². The summed E-state index contributed by atoms with van der Waals surface area (Å²) in [5.74, 6) is 0.339. The second kappa shape index (κ2) is 9.17. The van der Waals surface area contributed by atoms with E-state index >= 15 is 0 Å². The molecule has 10 heteroatoms. The van der Waals surface area contributed by atoms with Crippen LogP contribution >= 0.6 is 11.6 Å². The van der Waals surface area contributed by atoms with Crippen molar-refractivity contribution >= 4 is 35.1 Å². The first-order chi connectivity index (χ1) is 14.3. The highest BCUT2D eigenvalue weighted by molar-refractivity contribution is 6.34. The Morgan fingerprint density at radius 1 is 1.13 bits per heavy atom. The SMILES string of the molecule is COc1cc(NC(=O)c2nc(N3CCCC3)ncc2Cl)c(C(=O)N(C)C)cc1OC. The zero-order chi connectivity index (χ0) is 21.8. The van der Waals surface area contributed by atoms with E-state index in [1.165, 1.54) is 37.4 Å². The number of methoxy groups -OCH3 is 2. The third kappa shape index (κ3) is 4.40. The predicted octanol–water partition coefficient (Wildman–Crippen LogP) is 2.70. The molecule has 0 aliphatic carbocycles. The highest BCUT2D eigenvalue weighted by Gasteiger charge is 2.23. The molecule has 0 radical (unpaired) electrons. The lowest BCUT2D eigenvalue weighted by Crippen LogP contribution is -2.25. The highest BCUT2D eigenvalue weighted by atomic mass is 35.5. The first-order valence-electron chi connectivity index (χ1n) is 9.42. The molecule has 30 heavy (non-hydrogen) atoms. The molecule has 1 aliphatic rings. The van der Waals surface area contributed by atoms with Crippen LogP contribution in [0.3, 0.4) is 0 Å². The van der Waals surface area contributed by atoms with Crippen molar-refractivity contribution in [2.75, 3.05) is 51.6 Å². The van der Waals surface area contributed by atoms with Gasteiger partial charge in [-0.2, -0.15) is 0 Å².